The monoisotopic (exact) mass is 246 g/mol. The van der Waals surface area contributed by atoms with Crippen molar-refractivity contribution >= 4 is 11.9 Å². The quantitative estimate of drug-likeness (QED) is 0.546. The normalized spacial score (nSPS) is 12.3. The zero-order valence-corrected chi connectivity index (χ0v) is 10.4. The second-order valence-electron chi connectivity index (χ2n) is 4.06. The minimum atomic E-state index is -1.22. The number of carbonyl (C=O) groups is 2. The SMILES string of the molecule is CCCCCCCCOC(CC(=O)O)C(=O)O. The van der Waals surface area contributed by atoms with Gasteiger partial charge < -0.3 is 14.9 Å². The Balaban J connectivity index is 3.55. The molecule has 0 aliphatic rings. The lowest BCUT2D eigenvalue weighted by molar-refractivity contribution is -0.156. The van der Waals surface area contributed by atoms with Gasteiger partial charge in [-0.15, -0.1) is 0 Å². The van der Waals surface area contributed by atoms with Gasteiger partial charge in [-0.1, -0.05) is 39.0 Å². The van der Waals surface area contributed by atoms with Crippen LogP contribution in [0.1, 0.15) is 51.9 Å². The molecule has 0 saturated heterocycles. The largest absolute Gasteiger partial charge is 0.481 e. The number of carboxylic acids is 2. The van der Waals surface area contributed by atoms with Crippen LogP contribution in [0, 0.1) is 0 Å². The molecule has 0 rings (SSSR count). The standard InChI is InChI=1S/C12H22O5/c1-2-3-4-5-6-7-8-17-10(12(15)16)9-11(13)14/h10H,2-9H2,1H3,(H,13,14)(H,15,16). The number of aliphatic carboxylic acids is 2. The molecule has 1 atom stereocenters. The Labute approximate surface area is 102 Å². The maximum Gasteiger partial charge on any atom is 0.333 e. The lowest BCUT2D eigenvalue weighted by Crippen LogP contribution is -2.27. The molecule has 0 heterocycles. The van der Waals surface area contributed by atoms with Gasteiger partial charge in [-0.25, -0.2) is 4.79 Å². The molecule has 0 fully saturated rings. The number of carboxylic acid groups (broad SMARTS) is 2. The second-order valence-corrected chi connectivity index (χ2v) is 4.06. The van der Waals surface area contributed by atoms with E-state index in [1.807, 2.05) is 0 Å². The summed E-state index contributed by atoms with van der Waals surface area (Å²) in [5.41, 5.74) is 0. The first-order valence-electron chi connectivity index (χ1n) is 6.14. The third-order valence-electron chi connectivity index (χ3n) is 2.45. The molecule has 0 bridgehead atoms. The third-order valence-corrected chi connectivity index (χ3v) is 2.45. The molecule has 5 nitrogen and oxygen atoms in total. The van der Waals surface area contributed by atoms with Crippen molar-refractivity contribution in [2.45, 2.75) is 58.0 Å². The third kappa shape index (κ3) is 9.81. The first-order valence-corrected chi connectivity index (χ1v) is 6.14. The van der Waals surface area contributed by atoms with Gasteiger partial charge in [0.15, 0.2) is 6.10 Å². The van der Waals surface area contributed by atoms with Crippen LogP contribution in [0.2, 0.25) is 0 Å². The molecule has 0 saturated carbocycles. The van der Waals surface area contributed by atoms with Crippen molar-refractivity contribution < 1.29 is 24.5 Å². The Hall–Kier alpha value is -1.10. The van der Waals surface area contributed by atoms with Crippen LogP contribution >= 0.6 is 0 Å². The molecule has 100 valence electrons. The summed E-state index contributed by atoms with van der Waals surface area (Å²) in [5, 5.41) is 17.2. The maximum absolute atomic E-state index is 10.7. The van der Waals surface area contributed by atoms with Crippen LogP contribution in [0.5, 0.6) is 0 Å². The topological polar surface area (TPSA) is 83.8 Å². The molecule has 0 radical (unpaired) electrons. The van der Waals surface area contributed by atoms with E-state index in [0.29, 0.717) is 6.61 Å². The summed E-state index contributed by atoms with van der Waals surface area (Å²) in [6.07, 6.45) is 4.80. The lowest BCUT2D eigenvalue weighted by atomic mass is 10.1. The van der Waals surface area contributed by atoms with Gasteiger partial charge in [-0.2, -0.15) is 0 Å². The number of rotatable bonds is 11. The number of hydrogen-bond acceptors (Lipinski definition) is 3. The number of ether oxygens (including phenoxy) is 1. The molecule has 0 aromatic rings. The summed E-state index contributed by atoms with van der Waals surface area (Å²) in [5.74, 6) is -2.36. The van der Waals surface area contributed by atoms with Gasteiger partial charge in [0.05, 0.1) is 6.42 Å². The van der Waals surface area contributed by atoms with Crippen LogP contribution in [0.4, 0.5) is 0 Å². The van der Waals surface area contributed by atoms with Crippen LogP contribution < -0.4 is 0 Å². The van der Waals surface area contributed by atoms with E-state index in [9.17, 15) is 9.59 Å². The lowest BCUT2D eigenvalue weighted by Gasteiger charge is -2.11. The van der Waals surface area contributed by atoms with Gasteiger partial charge >= 0.3 is 11.9 Å². The van der Waals surface area contributed by atoms with Gasteiger partial charge in [0.2, 0.25) is 0 Å². The van der Waals surface area contributed by atoms with E-state index in [4.69, 9.17) is 14.9 Å². The van der Waals surface area contributed by atoms with Gasteiger partial charge in [-0.05, 0) is 6.42 Å². The zero-order chi connectivity index (χ0) is 13.1. The molecule has 1 unspecified atom stereocenters. The molecule has 5 heteroatoms. The fourth-order valence-corrected chi connectivity index (χ4v) is 1.48. The van der Waals surface area contributed by atoms with Gasteiger partial charge in [-0.3, -0.25) is 4.79 Å². The predicted molar refractivity (Wildman–Crippen MR) is 63.0 cm³/mol. The average molecular weight is 246 g/mol. The van der Waals surface area contributed by atoms with E-state index in [-0.39, 0.29) is 0 Å². The van der Waals surface area contributed by atoms with E-state index in [1.165, 1.54) is 19.3 Å². The summed E-state index contributed by atoms with van der Waals surface area (Å²) in [6.45, 7) is 2.46. The Bertz CT molecular complexity index is 227. The predicted octanol–water partition coefficient (Wildman–Crippen LogP) is 2.29. The van der Waals surface area contributed by atoms with Crippen molar-refractivity contribution in [1.29, 1.82) is 0 Å². The van der Waals surface area contributed by atoms with Crippen molar-refractivity contribution in [2.24, 2.45) is 0 Å². The highest BCUT2D eigenvalue weighted by Crippen LogP contribution is 2.07. The highest BCUT2D eigenvalue weighted by Gasteiger charge is 2.21. The molecule has 0 aromatic carbocycles. The Kier molecular flexibility index (Phi) is 9.43. The molecule has 0 amide bonds. The van der Waals surface area contributed by atoms with E-state index >= 15 is 0 Å². The molecular formula is C12H22O5. The van der Waals surface area contributed by atoms with Crippen molar-refractivity contribution in [3.8, 4) is 0 Å². The number of hydrogen-bond donors (Lipinski definition) is 2. The smallest absolute Gasteiger partial charge is 0.333 e. The van der Waals surface area contributed by atoms with Crippen molar-refractivity contribution in [2.75, 3.05) is 6.61 Å². The van der Waals surface area contributed by atoms with Gasteiger partial charge in [0.1, 0.15) is 0 Å². The summed E-state index contributed by atoms with van der Waals surface area (Å²) in [7, 11) is 0. The average Bonchev–Trinajstić information content (AvgIpc) is 2.25. The molecule has 0 aliphatic carbocycles. The van der Waals surface area contributed by atoms with E-state index < -0.39 is 24.5 Å². The number of unbranched alkanes of at least 4 members (excludes halogenated alkanes) is 5. The molecule has 0 aromatic heterocycles. The van der Waals surface area contributed by atoms with Crippen LogP contribution in [0.15, 0.2) is 0 Å². The summed E-state index contributed by atoms with van der Waals surface area (Å²) < 4.78 is 5.04. The first-order chi connectivity index (χ1) is 8.07. The van der Waals surface area contributed by atoms with Gasteiger partial charge in [0.25, 0.3) is 0 Å². The van der Waals surface area contributed by atoms with E-state index in [2.05, 4.69) is 6.92 Å². The highest BCUT2D eigenvalue weighted by atomic mass is 16.5. The van der Waals surface area contributed by atoms with Crippen LogP contribution in [0.3, 0.4) is 0 Å². The van der Waals surface area contributed by atoms with E-state index in [0.717, 1.165) is 19.3 Å². The fraction of sp³-hybridized carbons (Fsp3) is 0.833. The minimum Gasteiger partial charge on any atom is -0.481 e. The Morgan fingerprint density at radius 3 is 2.18 bits per heavy atom. The summed E-state index contributed by atoms with van der Waals surface area (Å²) >= 11 is 0. The zero-order valence-electron chi connectivity index (χ0n) is 10.4. The summed E-state index contributed by atoms with van der Waals surface area (Å²) in [6, 6.07) is 0. The van der Waals surface area contributed by atoms with E-state index in [1.54, 1.807) is 0 Å². The molecule has 2 N–H and O–H groups in total. The highest BCUT2D eigenvalue weighted by molar-refractivity contribution is 5.79. The minimum absolute atomic E-state index is 0.316. The Morgan fingerprint density at radius 2 is 1.65 bits per heavy atom. The first kappa shape index (κ1) is 15.9. The van der Waals surface area contributed by atoms with Crippen LogP contribution in [-0.4, -0.2) is 34.9 Å². The molecular weight excluding hydrogens is 224 g/mol. The van der Waals surface area contributed by atoms with Gasteiger partial charge in [0, 0.05) is 6.61 Å². The second kappa shape index (κ2) is 10.1. The van der Waals surface area contributed by atoms with Crippen LogP contribution in [0.25, 0.3) is 0 Å². The van der Waals surface area contributed by atoms with Crippen molar-refractivity contribution in [1.82, 2.24) is 0 Å². The maximum atomic E-state index is 10.7. The molecule has 0 spiro atoms. The molecule has 0 aliphatic heterocycles. The van der Waals surface area contributed by atoms with Crippen LogP contribution in [-0.2, 0) is 14.3 Å². The molecule has 17 heavy (non-hydrogen) atoms. The Morgan fingerprint density at radius 1 is 1.06 bits per heavy atom. The van der Waals surface area contributed by atoms with Crippen molar-refractivity contribution in [3.05, 3.63) is 0 Å². The summed E-state index contributed by atoms with van der Waals surface area (Å²) in [4.78, 5) is 21.0. The fourth-order valence-electron chi connectivity index (χ4n) is 1.48. The van der Waals surface area contributed by atoms with Crippen molar-refractivity contribution in [3.63, 3.8) is 0 Å².